The normalized spacial score (nSPS) is 10.3. The zero-order valence-corrected chi connectivity index (χ0v) is 9.93. The third-order valence-electron chi connectivity index (χ3n) is 2.11. The number of ether oxygens (including phenoxy) is 1. The molecular formula is C12H18O2S. The average Bonchev–Trinajstić information content (AvgIpc) is 2.29. The molecule has 0 fully saturated rings. The largest absolute Gasteiger partial charge is 0.497 e. The van der Waals surface area contributed by atoms with Crippen molar-refractivity contribution in [3.05, 3.63) is 24.3 Å². The summed E-state index contributed by atoms with van der Waals surface area (Å²) in [7, 11) is 1.69. The van der Waals surface area contributed by atoms with Gasteiger partial charge in [0.25, 0.3) is 0 Å². The van der Waals surface area contributed by atoms with Gasteiger partial charge in [-0.1, -0.05) is 12.5 Å². The molecule has 0 unspecified atom stereocenters. The van der Waals surface area contributed by atoms with Crippen molar-refractivity contribution in [1.82, 2.24) is 0 Å². The summed E-state index contributed by atoms with van der Waals surface area (Å²) in [5.41, 5.74) is 0. The fourth-order valence-electron chi connectivity index (χ4n) is 1.27. The number of unbranched alkanes of at least 4 members (excludes halogenated alkanes) is 2. The number of aliphatic hydroxyl groups excluding tert-OH is 1. The van der Waals surface area contributed by atoms with Gasteiger partial charge in [0, 0.05) is 11.5 Å². The molecule has 1 rings (SSSR count). The molecule has 1 aromatic rings. The molecule has 3 heteroatoms. The second kappa shape index (κ2) is 7.60. The molecule has 15 heavy (non-hydrogen) atoms. The summed E-state index contributed by atoms with van der Waals surface area (Å²) in [6, 6.07) is 8.11. The molecule has 0 atom stereocenters. The van der Waals surface area contributed by atoms with E-state index in [1.165, 1.54) is 4.90 Å². The number of methoxy groups -OCH3 is 1. The molecule has 0 spiro atoms. The number of aliphatic hydroxyl groups is 1. The molecule has 0 heterocycles. The van der Waals surface area contributed by atoms with Gasteiger partial charge in [-0.2, -0.15) is 0 Å². The van der Waals surface area contributed by atoms with Crippen LogP contribution >= 0.6 is 11.8 Å². The van der Waals surface area contributed by atoms with E-state index in [9.17, 15) is 0 Å². The van der Waals surface area contributed by atoms with Crippen molar-refractivity contribution in [3.63, 3.8) is 0 Å². The smallest absolute Gasteiger partial charge is 0.119 e. The van der Waals surface area contributed by atoms with Gasteiger partial charge >= 0.3 is 0 Å². The van der Waals surface area contributed by atoms with Crippen molar-refractivity contribution in [3.8, 4) is 5.75 Å². The Labute approximate surface area is 95.7 Å². The number of hydrogen-bond donors (Lipinski definition) is 1. The second-order valence-electron chi connectivity index (χ2n) is 3.31. The van der Waals surface area contributed by atoms with E-state index in [-0.39, 0.29) is 0 Å². The van der Waals surface area contributed by atoms with Gasteiger partial charge in [-0.05, 0) is 36.8 Å². The Kier molecular flexibility index (Phi) is 6.28. The van der Waals surface area contributed by atoms with Crippen molar-refractivity contribution in [1.29, 1.82) is 0 Å². The van der Waals surface area contributed by atoms with Crippen molar-refractivity contribution in [2.75, 3.05) is 19.5 Å². The van der Waals surface area contributed by atoms with Crippen LogP contribution in [0.25, 0.3) is 0 Å². The van der Waals surface area contributed by atoms with E-state index < -0.39 is 0 Å². The van der Waals surface area contributed by atoms with E-state index in [1.807, 2.05) is 23.9 Å². The van der Waals surface area contributed by atoms with Crippen LogP contribution in [0.3, 0.4) is 0 Å². The van der Waals surface area contributed by atoms with E-state index in [2.05, 4.69) is 12.1 Å². The third kappa shape index (κ3) is 5.09. The third-order valence-corrected chi connectivity index (χ3v) is 3.19. The van der Waals surface area contributed by atoms with Crippen LogP contribution in [0.5, 0.6) is 5.75 Å². The van der Waals surface area contributed by atoms with Crippen LogP contribution in [0.1, 0.15) is 19.3 Å². The molecule has 0 amide bonds. The van der Waals surface area contributed by atoms with E-state index in [0.29, 0.717) is 6.61 Å². The van der Waals surface area contributed by atoms with Gasteiger partial charge in [-0.15, -0.1) is 11.8 Å². The highest BCUT2D eigenvalue weighted by molar-refractivity contribution is 7.99. The van der Waals surface area contributed by atoms with Crippen molar-refractivity contribution in [2.24, 2.45) is 0 Å². The Morgan fingerprint density at radius 2 is 2.13 bits per heavy atom. The Morgan fingerprint density at radius 1 is 1.27 bits per heavy atom. The average molecular weight is 226 g/mol. The Hall–Kier alpha value is -0.670. The van der Waals surface area contributed by atoms with Crippen LogP contribution in [0.2, 0.25) is 0 Å². The summed E-state index contributed by atoms with van der Waals surface area (Å²) in [4.78, 5) is 1.25. The van der Waals surface area contributed by atoms with E-state index >= 15 is 0 Å². The fourth-order valence-corrected chi connectivity index (χ4v) is 2.23. The lowest BCUT2D eigenvalue weighted by molar-refractivity contribution is 0.284. The van der Waals surface area contributed by atoms with Crippen LogP contribution in [-0.2, 0) is 0 Å². The van der Waals surface area contributed by atoms with E-state index in [1.54, 1.807) is 7.11 Å². The van der Waals surface area contributed by atoms with E-state index in [4.69, 9.17) is 9.84 Å². The predicted molar refractivity (Wildman–Crippen MR) is 64.7 cm³/mol. The highest BCUT2D eigenvalue weighted by Crippen LogP contribution is 2.23. The summed E-state index contributed by atoms with van der Waals surface area (Å²) in [6.07, 6.45) is 3.18. The number of hydrogen-bond acceptors (Lipinski definition) is 3. The number of thioether (sulfide) groups is 1. The lowest BCUT2D eigenvalue weighted by Crippen LogP contribution is -1.86. The van der Waals surface area contributed by atoms with Gasteiger partial charge in [0.1, 0.15) is 5.75 Å². The Morgan fingerprint density at radius 3 is 2.87 bits per heavy atom. The van der Waals surface area contributed by atoms with Crippen LogP contribution < -0.4 is 4.74 Å². The highest BCUT2D eigenvalue weighted by Gasteiger charge is 1.96. The fraction of sp³-hybridized carbons (Fsp3) is 0.500. The Balaban J connectivity index is 2.24. The molecule has 0 aliphatic heterocycles. The molecule has 0 saturated carbocycles. The summed E-state index contributed by atoms with van der Waals surface area (Å²) in [5.74, 6) is 2.02. The topological polar surface area (TPSA) is 29.5 Å². The molecule has 84 valence electrons. The zero-order valence-electron chi connectivity index (χ0n) is 9.11. The molecule has 0 bridgehead atoms. The summed E-state index contributed by atoms with van der Waals surface area (Å²) >= 11 is 1.84. The summed E-state index contributed by atoms with van der Waals surface area (Å²) < 4.78 is 5.15. The molecule has 0 aliphatic rings. The van der Waals surface area contributed by atoms with Crippen molar-refractivity contribution < 1.29 is 9.84 Å². The van der Waals surface area contributed by atoms with Gasteiger partial charge in [0.05, 0.1) is 7.11 Å². The minimum atomic E-state index is 0.309. The lowest BCUT2D eigenvalue weighted by atomic mass is 10.3. The predicted octanol–water partition coefficient (Wildman–Crippen LogP) is 2.95. The monoisotopic (exact) mass is 226 g/mol. The first-order valence-corrected chi connectivity index (χ1v) is 6.23. The lowest BCUT2D eigenvalue weighted by Gasteiger charge is -2.03. The number of benzene rings is 1. The quantitative estimate of drug-likeness (QED) is 0.572. The van der Waals surface area contributed by atoms with Crippen LogP contribution in [0.4, 0.5) is 0 Å². The summed E-state index contributed by atoms with van der Waals surface area (Å²) in [6.45, 7) is 0.309. The molecule has 0 aromatic heterocycles. The van der Waals surface area contributed by atoms with Crippen LogP contribution in [0.15, 0.2) is 29.2 Å². The molecule has 1 aromatic carbocycles. The first-order valence-electron chi connectivity index (χ1n) is 5.24. The first-order chi connectivity index (χ1) is 7.36. The Bertz CT molecular complexity index is 276. The maximum Gasteiger partial charge on any atom is 0.119 e. The minimum Gasteiger partial charge on any atom is -0.497 e. The van der Waals surface area contributed by atoms with Crippen LogP contribution in [0, 0.1) is 0 Å². The van der Waals surface area contributed by atoms with Crippen molar-refractivity contribution >= 4 is 11.8 Å². The highest BCUT2D eigenvalue weighted by atomic mass is 32.2. The van der Waals surface area contributed by atoms with Gasteiger partial charge in [-0.25, -0.2) is 0 Å². The van der Waals surface area contributed by atoms with Crippen molar-refractivity contribution in [2.45, 2.75) is 24.2 Å². The van der Waals surface area contributed by atoms with Gasteiger partial charge in [0.15, 0.2) is 0 Å². The maximum atomic E-state index is 8.63. The standard InChI is InChI=1S/C12H18O2S/c1-14-11-6-5-7-12(10-11)15-9-4-2-3-8-13/h5-7,10,13H,2-4,8-9H2,1H3. The molecular weight excluding hydrogens is 208 g/mol. The second-order valence-corrected chi connectivity index (χ2v) is 4.48. The molecule has 0 aliphatic carbocycles. The SMILES string of the molecule is COc1cccc(SCCCCCO)c1. The van der Waals surface area contributed by atoms with Gasteiger partial charge < -0.3 is 9.84 Å². The van der Waals surface area contributed by atoms with E-state index in [0.717, 1.165) is 30.8 Å². The molecule has 1 N–H and O–H groups in total. The molecule has 2 nitrogen and oxygen atoms in total. The van der Waals surface area contributed by atoms with Gasteiger partial charge in [-0.3, -0.25) is 0 Å². The maximum absolute atomic E-state index is 8.63. The first kappa shape index (κ1) is 12.4. The van der Waals surface area contributed by atoms with Crippen LogP contribution in [-0.4, -0.2) is 24.6 Å². The molecule has 0 saturated heterocycles. The summed E-state index contributed by atoms with van der Waals surface area (Å²) in [5, 5.41) is 8.63. The number of rotatable bonds is 7. The zero-order chi connectivity index (χ0) is 10.9. The van der Waals surface area contributed by atoms with Gasteiger partial charge in [0.2, 0.25) is 0 Å². The minimum absolute atomic E-state index is 0.309. The molecule has 0 radical (unpaired) electrons.